The molecule has 1 aromatic carbocycles. The number of halogens is 1. The van der Waals surface area contributed by atoms with Crippen molar-refractivity contribution in [2.24, 2.45) is 11.7 Å². The number of para-hydroxylation sites is 1. The smallest absolute Gasteiger partial charge is 0.227 e. The van der Waals surface area contributed by atoms with Gasteiger partial charge in [-0.15, -0.1) is 0 Å². The van der Waals surface area contributed by atoms with Gasteiger partial charge in [-0.3, -0.25) is 9.59 Å². The Labute approximate surface area is 141 Å². The average molecular weight is 336 g/mol. The van der Waals surface area contributed by atoms with Crippen LogP contribution in [0.15, 0.2) is 24.3 Å². The van der Waals surface area contributed by atoms with Crippen LogP contribution in [0.2, 0.25) is 5.02 Å². The number of nitrogens with two attached hydrogens (primary N) is 1. The molecule has 6 heteroatoms. The highest BCUT2D eigenvalue weighted by Crippen LogP contribution is 2.31. The summed E-state index contributed by atoms with van der Waals surface area (Å²) in [5.41, 5.74) is 6.57. The van der Waals surface area contributed by atoms with Crippen LogP contribution in [0.4, 0.5) is 5.69 Å². The van der Waals surface area contributed by atoms with Gasteiger partial charge in [-0.25, -0.2) is 0 Å². The normalized spacial score (nSPS) is 28.0. The maximum atomic E-state index is 12.4. The molecule has 2 amide bonds. The Bertz CT molecular complexity index is 599. The van der Waals surface area contributed by atoms with Crippen LogP contribution >= 0.6 is 11.6 Å². The quantitative estimate of drug-likeness (QED) is 0.888. The molecule has 3 N–H and O–H groups in total. The molecule has 1 unspecified atom stereocenters. The van der Waals surface area contributed by atoms with Crippen LogP contribution in [-0.4, -0.2) is 30.4 Å². The molecule has 5 nitrogen and oxygen atoms in total. The number of nitrogens with one attached hydrogen (secondary N) is 1. The number of anilines is 1. The molecule has 2 aliphatic rings. The van der Waals surface area contributed by atoms with Gasteiger partial charge in [-0.1, -0.05) is 23.7 Å². The first-order valence-electron chi connectivity index (χ1n) is 8.15. The number of nitrogens with zero attached hydrogens (tertiary/aromatic N) is 1. The minimum absolute atomic E-state index is 0.0339. The van der Waals surface area contributed by atoms with Crippen molar-refractivity contribution in [2.75, 3.05) is 11.4 Å². The van der Waals surface area contributed by atoms with Gasteiger partial charge in [0.15, 0.2) is 0 Å². The van der Waals surface area contributed by atoms with Crippen molar-refractivity contribution in [2.45, 2.75) is 44.2 Å². The first kappa shape index (κ1) is 16.3. The van der Waals surface area contributed by atoms with E-state index in [0.29, 0.717) is 17.3 Å². The van der Waals surface area contributed by atoms with E-state index in [1.165, 1.54) is 0 Å². The van der Waals surface area contributed by atoms with Crippen molar-refractivity contribution >= 4 is 29.1 Å². The molecule has 23 heavy (non-hydrogen) atoms. The van der Waals surface area contributed by atoms with E-state index in [2.05, 4.69) is 5.32 Å². The maximum Gasteiger partial charge on any atom is 0.227 e. The van der Waals surface area contributed by atoms with E-state index < -0.39 is 0 Å². The van der Waals surface area contributed by atoms with Crippen molar-refractivity contribution in [3.8, 4) is 0 Å². The van der Waals surface area contributed by atoms with Crippen LogP contribution in [-0.2, 0) is 9.59 Å². The van der Waals surface area contributed by atoms with Gasteiger partial charge < -0.3 is 16.0 Å². The zero-order valence-corrected chi connectivity index (χ0v) is 13.8. The maximum absolute atomic E-state index is 12.4. The predicted molar refractivity (Wildman–Crippen MR) is 90.3 cm³/mol. The Morgan fingerprint density at radius 3 is 2.61 bits per heavy atom. The van der Waals surface area contributed by atoms with Gasteiger partial charge in [0.1, 0.15) is 0 Å². The number of carbonyl (C=O) groups is 2. The van der Waals surface area contributed by atoms with Gasteiger partial charge in [0.05, 0.1) is 16.6 Å². The Hall–Kier alpha value is -1.59. The standard InChI is InChI=1S/C17H22ClN3O2/c18-14-3-1-2-4-15(14)21-10-11(9-16(21)22)17(23)20-13-7-5-12(19)6-8-13/h1-4,11-13H,5-10,19H2,(H,20,23). The van der Waals surface area contributed by atoms with Crippen molar-refractivity contribution < 1.29 is 9.59 Å². The summed E-state index contributed by atoms with van der Waals surface area (Å²) >= 11 is 6.16. The number of hydrogen-bond donors (Lipinski definition) is 2. The lowest BCUT2D eigenvalue weighted by molar-refractivity contribution is -0.127. The summed E-state index contributed by atoms with van der Waals surface area (Å²) in [6.07, 6.45) is 3.97. The van der Waals surface area contributed by atoms with E-state index in [1.807, 2.05) is 18.2 Å². The van der Waals surface area contributed by atoms with Crippen molar-refractivity contribution in [3.05, 3.63) is 29.3 Å². The minimum atomic E-state index is -0.311. The molecule has 3 rings (SSSR count). The van der Waals surface area contributed by atoms with E-state index >= 15 is 0 Å². The Morgan fingerprint density at radius 2 is 1.91 bits per heavy atom. The molecule has 1 aliphatic heterocycles. The molecule has 0 radical (unpaired) electrons. The Kier molecular flexibility index (Phi) is 4.87. The van der Waals surface area contributed by atoms with Crippen molar-refractivity contribution in [3.63, 3.8) is 0 Å². The highest BCUT2D eigenvalue weighted by Gasteiger charge is 2.36. The van der Waals surface area contributed by atoms with Gasteiger partial charge >= 0.3 is 0 Å². The summed E-state index contributed by atoms with van der Waals surface area (Å²) in [5.74, 6) is -0.397. The SMILES string of the molecule is NC1CCC(NC(=O)C2CC(=O)N(c3ccccc3Cl)C2)CC1. The molecular weight excluding hydrogens is 314 g/mol. The highest BCUT2D eigenvalue weighted by atomic mass is 35.5. The Morgan fingerprint density at radius 1 is 1.22 bits per heavy atom. The second kappa shape index (κ2) is 6.89. The van der Waals surface area contributed by atoms with Gasteiger partial charge in [0, 0.05) is 25.0 Å². The van der Waals surface area contributed by atoms with E-state index in [-0.39, 0.29) is 36.2 Å². The van der Waals surface area contributed by atoms with Gasteiger partial charge in [0.2, 0.25) is 11.8 Å². The molecule has 1 aliphatic carbocycles. The van der Waals surface area contributed by atoms with E-state index in [1.54, 1.807) is 11.0 Å². The predicted octanol–water partition coefficient (Wildman–Crippen LogP) is 2.08. The molecule has 1 saturated carbocycles. The Balaban J connectivity index is 1.61. The first-order valence-corrected chi connectivity index (χ1v) is 8.53. The molecule has 0 bridgehead atoms. The monoisotopic (exact) mass is 335 g/mol. The number of carbonyl (C=O) groups excluding carboxylic acids is 2. The summed E-state index contributed by atoms with van der Waals surface area (Å²) in [4.78, 5) is 26.3. The fourth-order valence-corrected chi connectivity index (χ4v) is 3.61. The number of amides is 2. The summed E-state index contributed by atoms with van der Waals surface area (Å²) in [7, 11) is 0. The van der Waals surface area contributed by atoms with Gasteiger partial charge in [-0.2, -0.15) is 0 Å². The largest absolute Gasteiger partial charge is 0.353 e. The third-order valence-corrected chi connectivity index (χ3v) is 5.08. The molecule has 0 aromatic heterocycles. The lowest BCUT2D eigenvalue weighted by Gasteiger charge is -2.27. The second-order valence-electron chi connectivity index (χ2n) is 6.48. The zero-order valence-electron chi connectivity index (χ0n) is 13.0. The first-order chi connectivity index (χ1) is 11.0. The molecule has 1 saturated heterocycles. The van der Waals surface area contributed by atoms with Gasteiger partial charge in [0.25, 0.3) is 0 Å². The number of hydrogen-bond acceptors (Lipinski definition) is 3. The fraction of sp³-hybridized carbons (Fsp3) is 0.529. The van der Waals surface area contributed by atoms with Crippen LogP contribution in [0.25, 0.3) is 0 Å². The van der Waals surface area contributed by atoms with Crippen LogP contribution in [0.1, 0.15) is 32.1 Å². The topological polar surface area (TPSA) is 75.4 Å². The molecule has 0 spiro atoms. The summed E-state index contributed by atoms with van der Waals surface area (Å²) in [5, 5.41) is 3.61. The third kappa shape index (κ3) is 3.67. The van der Waals surface area contributed by atoms with Crippen molar-refractivity contribution in [1.82, 2.24) is 5.32 Å². The third-order valence-electron chi connectivity index (χ3n) is 4.76. The van der Waals surface area contributed by atoms with Crippen LogP contribution in [0.5, 0.6) is 0 Å². The molecular formula is C17H22ClN3O2. The number of benzene rings is 1. The van der Waals surface area contributed by atoms with E-state index in [9.17, 15) is 9.59 Å². The summed E-state index contributed by atoms with van der Waals surface area (Å²) in [6, 6.07) is 7.67. The van der Waals surface area contributed by atoms with E-state index in [4.69, 9.17) is 17.3 Å². The second-order valence-corrected chi connectivity index (χ2v) is 6.88. The van der Waals surface area contributed by atoms with Crippen molar-refractivity contribution in [1.29, 1.82) is 0 Å². The lowest BCUT2D eigenvalue weighted by Crippen LogP contribution is -2.43. The fourth-order valence-electron chi connectivity index (χ4n) is 3.37. The molecule has 1 atom stereocenters. The number of rotatable bonds is 3. The molecule has 1 aromatic rings. The summed E-state index contributed by atoms with van der Waals surface area (Å²) in [6.45, 7) is 0.390. The molecule has 2 fully saturated rings. The van der Waals surface area contributed by atoms with E-state index in [0.717, 1.165) is 25.7 Å². The van der Waals surface area contributed by atoms with Crippen LogP contribution in [0, 0.1) is 5.92 Å². The van der Waals surface area contributed by atoms with Crippen LogP contribution in [0.3, 0.4) is 0 Å². The zero-order chi connectivity index (χ0) is 16.4. The van der Waals surface area contributed by atoms with Gasteiger partial charge in [-0.05, 0) is 37.8 Å². The minimum Gasteiger partial charge on any atom is -0.353 e. The molecule has 124 valence electrons. The van der Waals surface area contributed by atoms with Crippen LogP contribution < -0.4 is 16.0 Å². The average Bonchev–Trinajstić information content (AvgIpc) is 2.92. The highest BCUT2D eigenvalue weighted by molar-refractivity contribution is 6.33. The lowest BCUT2D eigenvalue weighted by atomic mass is 9.91. The molecule has 1 heterocycles. The summed E-state index contributed by atoms with van der Waals surface area (Å²) < 4.78 is 0.